The maximum absolute atomic E-state index is 12.5. The van der Waals surface area contributed by atoms with Crippen molar-refractivity contribution in [1.82, 2.24) is 10.9 Å². The van der Waals surface area contributed by atoms with Crippen molar-refractivity contribution in [2.75, 3.05) is 18.1 Å². The first-order valence-electron chi connectivity index (χ1n) is 9.85. The van der Waals surface area contributed by atoms with E-state index in [0.29, 0.717) is 16.3 Å². The minimum Gasteiger partial charge on any atom is -0.482 e. The zero-order valence-corrected chi connectivity index (χ0v) is 16.8. The Morgan fingerprint density at radius 3 is 2.72 bits per heavy atom. The second kappa shape index (κ2) is 8.65. The van der Waals surface area contributed by atoms with E-state index in [-0.39, 0.29) is 25.0 Å². The lowest BCUT2D eigenvalue weighted by molar-refractivity contribution is -0.125. The number of nitrogens with zero attached hydrogens (tertiary/aromatic N) is 1. The summed E-state index contributed by atoms with van der Waals surface area (Å²) < 4.78 is 5.37. The van der Waals surface area contributed by atoms with Crippen LogP contribution in [0.3, 0.4) is 0 Å². The number of nitrogens with one attached hydrogen (secondary N) is 2. The van der Waals surface area contributed by atoms with E-state index in [4.69, 9.17) is 4.74 Å². The van der Waals surface area contributed by atoms with Crippen molar-refractivity contribution in [3.63, 3.8) is 0 Å². The fourth-order valence-corrected chi connectivity index (χ4v) is 4.80. The number of fused-ring (bicyclic) bond motifs is 2. The molecule has 1 aromatic carbocycles. The molecule has 0 spiro atoms. The van der Waals surface area contributed by atoms with Crippen LogP contribution in [0.2, 0.25) is 0 Å². The molecule has 0 saturated heterocycles. The summed E-state index contributed by atoms with van der Waals surface area (Å²) in [4.78, 5) is 40.2. The van der Waals surface area contributed by atoms with Crippen LogP contribution in [0, 0.1) is 0 Å². The van der Waals surface area contributed by atoms with Crippen LogP contribution >= 0.6 is 11.3 Å². The molecule has 1 aliphatic carbocycles. The number of carbonyl (C=O) groups is 3. The molecule has 0 unspecified atom stereocenters. The van der Waals surface area contributed by atoms with Crippen molar-refractivity contribution < 1.29 is 19.1 Å². The lowest BCUT2D eigenvalue weighted by Crippen LogP contribution is -2.49. The molecule has 0 fully saturated rings. The molecule has 152 valence electrons. The lowest BCUT2D eigenvalue weighted by atomic mass is 10.00. The number of hydrogen-bond acceptors (Lipinski definition) is 5. The third-order valence-corrected chi connectivity index (χ3v) is 6.38. The van der Waals surface area contributed by atoms with E-state index in [0.717, 1.165) is 25.7 Å². The van der Waals surface area contributed by atoms with E-state index in [1.54, 1.807) is 24.3 Å². The quantitative estimate of drug-likeness (QED) is 0.757. The minimum absolute atomic E-state index is 0.114. The van der Waals surface area contributed by atoms with Gasteiger partial charge in [0.2, 0.25) is 0 Å². The molecule has 0 bridgehead atoms. The Kier molecular flexibility index (Phi) is 5.80. The number of amides is 3. The Labute approximate surface area is 173 Å². The molecule has 1 aliphatic heterocycles. The van der Waals surface area contributed by atoms with Crippen molar-refractivity contribution >= 4 is 34.7 Å². The first kappa shape index (κ1) is 19.4. The van der Waals surface area contributed by atoms with E-state index >= 15 is 0 Å². The van der Waals surface area contributed by atoms with Gasteiger partial charge in [0.1, 0.15) is 12.3 Å². The van der Waals surface area contributed by atoms with Crippen molar-refractivity contribution in [3.8, 4) is 5.75 Å². The third kappa shape index (κ3) is 4.42. The number of hydrazine groups is 1. The summed E-state index contributed by atoms with van der Waals surface area (Å²) in [5.41, 5.74) is 6.68. The van der Waals surface area contributed by atoms with Crippen LogP contribution < -0.4 is 20.5 Å². The van der Waals surface area contributed by atoms with E-state index in [1.807, 2.05) is 6.07 Å². The summed E-state index contributed by atoms with van der Waals surface area (Å²) in [6.45, 7) is -0.308. The van der Waals surface area contributed by atoms with Gasteiger partial charge >= 0.3 is 0 Å². The number of rotatable bonds is 3. The highest BCUT2D eigenvalue weighted by Crippen LogP contribution is 2.31. The number of para-hydroxylation sites is 2. The second-order valence-corrected chi connectivity index (χ2v) is 8.35. The van der Waals surface area contributed by atoms with Crippen LogP contribution in [-0.4, -0.2) is 30.9 Å². The van der Waals surface area contributed by atoms with Gasteiger partial charge in [-0.2, -0.15) is 0 Å². The van der Waals surface area contributed by atoms with Gasteiger partial charge in [-0.25, -0.2) is 0 Å². The minimum atomic E-state index is -0.474. The Bertz CT molecular complexity index is 914. The maximum atomic E-state index is 12.5. The Morgan fingerprint density at radius 2 is 1.86 bits per heavy atom. The molecule has 3 amide bonds. The van der Waals surface area contributed by atoms with E-state index in [1.165, 1.54) is 39.5 Å². The number of hydrogen-bond donors (Lipinski definition) is 2. The normalized spacial score (nSPS) is 16.0. The Morgan fingerprint density at radius 1 is 1.07 bits per heavy atom. The maximum Gasteiger partial charge on any atom is 0.279 e. The molecule has 2 aromatic rings. The smallest absolute Gasteiger partial charge is 0.279 e. The molecule has 0 saturated carbocycles. The summed E-state index contributed by atoms with van der Waals surface area (Å²) >= 11 is 1.50. The summed E-state index contributed by atoms with van der Waals surface area (Å²) in [6, 6.07) is 8.99. The summed E-state index contributed by atoms with van der Waals surface area (Å²) in [5, 5.41) is 0. The summed E-state index contributed by atoms with van der Waals surface area (Å²) in [5.74, 6) is -0.551. The van der Waals surface area contributed by atoms with Crippen LogP contribution in [0.25, 0.3) is 0 Å². The number of aryl methyl sites for hydroxylation is 2. The van der Waals surface area contributed by atoms with Crippen LogP contribution in [-0.2, 0) is 22.4 Å². The topological polar surface area (TPSA) is 87.7 Å². The first-order valence-corrected chi connectivity index (χ1v) is 10.7. The monoisotopic (exact) mass is 413 g/mol. The first-order chi connectivity index (χ1) is 14.1. The summed E-state index contributed by atoms with van der Waals surface area (Å²) in [6.07, 6.45) is 6.79. The van der Waals surface area contributed by atoms with Gasteiger partial charge in [0.05, 0.1) is 10.6 Å². The van der Waals surface area contributed by atoms with Crippen molar-refractivity contribution in [2.24, 2.45) is 0 Å². The van der Waals surface area contributed by atoms with Gasteiger partial charge in [-0.05, 0) is 49.4 Å². The van der Waals surface area contributed by atoms with E-state index in [9.17, 15) is 14.4 Å². The zero-order chi connectivity index (χ0) is 20.2. The number of carbonyl (C=O) groups excluding carboxylic acids is 3. The van der Waals surface area contributed by atoms with Gasteiger partial charge < -0.3 is 4.74 Å². The molecule has 0 radical (unpaired) electrons. The van der Waals surface area contributed by atoms with Gasteiger partial charge in [-0.1, -0.05) is 25.0 Å². The molecular formula is C21H23N3O4S. The van der Waals surface area contributed by atoms with Crippen molar-refractivity contribution in [3.05, 3.63) is 45.6 Å². The zero-order valence-electron chi connectivity index (χ0n) is 16.0. The van der Waals surface area contributed by atoms with Crippen LogP contribution in [0.1, 0.15) is 45.8 Å². The fraction of sp³-hybridized carbons (Fsp3) is 0.381. The third-order valence-electron chi connectivity index (χ3n) is 5.15. The Balaban J connectivity index is 1.36. The number of ether oxygens (including phenoxy) is 1. The van der Waals surface area contributed by atoms with Crippen molar-refractivity contribution in [1.29, 1.82) is 0 Å². The van der Waals surface area contributed by atoms with Crippen LogP contribution in [0.15, 0.2) is 30.3 Å². The van der Waals surface area contributed by atoms with Gasteiger partial charge in [0.15, 0.2) is 6.61 Å². The lowest BCUT2D eigenvalue weighted by Gasteiger charge is -2.28. The Hall–Kier alpha value is -2.87. The average molecular weight is 413 g/mol. The van der Waals surface area contributed by atoms with Gasteiger partial charge in [-0.3, -0.25) is 30.1 Å². The van der Waals surface area contributed by atoms with Crippen molar-refractivity contribution in [2.45, 2.75) is 38.5 Å². The summed E-state index contributed by atoms with van der Waals surface area (Å²) in [7, 11) is 0. The molecule has 0 atom stereocenters. The molecule has 29 heavy (non-hydrogen) atoms. The molecule has 8 heteroatoms. The molecule has 4 rings (SSSR count). The highest BCUT2D eigenvalue weighted by atomic mass is 32.1. The molecule has 1 aromatic heterocycles. The van der Waals surface area contributed by atoms with Crippen LogP contribution in [0.4, 0.5) is 5.69 Å². The van der Waals surface area contributed by atoms with E-state index in [2.05, 4.69) is 10.9 Å². The molecule has 2 N–H and O–H groups in total. The van der Waals surface area contributed by atoms with Gasteiger partial charge in [0, 0.05) is 4.88 Å². The highest BCUT2D eigenvalue weighted by molar-refractivity contribution is 7.14. The predicted molar refractivity (Wildman–Crippen MR) is 110 cm³/mol. The fourth-order valence-electron chi connectivity index (χ4n) is 3.65. The molecule has 2 heterocycles. The standard InChI is InChI=1S/C21H23N3O4S/c25-19(12-24-15-8-5-6-9-16(15)28-13-20(24)26)22-23-21(27)18-11-14-7-3-1-2-4-10-17(14)29-18/h5-6,8-9,11H,1-4,7,10,12-13H2,(H,22,25)(H,23,27). The number of benzene rings is 1. The number of thiophene rings is 1. The highest BCUT2D eigenvalue weighted by Gasteiger charge is 2.27. The van der Waals surface area contributed by atoms with Gasteiger partial charge in [-0.15, -0.1) is 11.3 Å². The number of anilines is 1. The molecule has 7 nitrogen and oxygen atoms in total. The van der Waals surface area contributed by atoms with E-state index < -0.39 is 5.91 Å². The largest absolute Gasteiger partial charge is 0.482 e. The second-order valence-electron chi connectivity index (χ2n) is 7.21. The predicted octanol–water partition coefficient (Wildman–Crippen LogP) is 2.59. The SMILES string of the molecule is O=C(CN1C(=O)COc2ccccc21)NNC(=O)c1cc2c(s1)CCCCCC2. The molecular weight excluding hydrogens is 390 g/mol. The van der Waals surface area contributed by atoms with Crippen LogP contribution in [0.5, 0.6) is 5.75 Å². The molecule has 2 aliphatic rings. The van der Waals surface area contributed by atoms with Gasteiger partial charge in [0.25, 0.3) is 17.7 Å². The average Bonchev–Trinajstić information content (AvgIpc) is 3.10.